The topological polar surface area (TPSA) is 67.2 Å². The third-order valence-corrected chi connectivity index (χ3v) is 3.43. The number of halogens is 1. The number of nitrogens with one attached hydrogen (secondary N) is 2. The van der Waals surface area contributed by atoms with Crippen LogP contribution in [0.2, 0.25) is 0 Å². The SMILES string of the molecule is Cl.O=C(NC1CCNCC1)c1coc(-c2ccccc2)n1. The standard InChI is InChI=1S/C15H17N3O2.ClH/c19-14(17-12-6-8-16-9-7-12)13-10-20-15(18-13)11-4-2-1-3-5-11;/h1-5,10,12,16H,6-9H2,(H,17,19);1H. The van der Waals surface area contributed by atoms with E-state index in [2.05, 4.69) is 15.6 Å². The van der Waals surface area contributed by atoms with Crippen LogP contribution in [0.3, 0.4) is 0 Å². The molecule has 0 spiro atoms. The van der Waals surface area contributed by atoms with Crippen LogP contribution < -0.4 is 10.6 Å². The number of carbonyl (C=O) groups excluding carboxylic acids is 1. The summed E-state index contributed by atoms with van der Waals surface area (Å²) in [5.41, 5.74) is 1.20. The summed E-state index contributed by atoms with van der Waals surface area (Å²) in [6.07, 6.45) is 3.32. The molecule has 1 aromatic carbocycles. The van der Waals surface area contributed by atoms with Gasteiger partial charge in [-0.2, -0.15) is 0 Å². The van der Waals surface area contributed by atoms with Crippen molar-refractivity contribution in [3.63, 3.8) is 0 Å². The molecule has 3 rings (SSSR count). The van der Waals surface area contributed by atoms with E-state index >= 15 is 0 Å². The van der Waals surface area contributed by atoms with E-state index in [1.165, 1.54) is 6.26 Å². The number of piperidine rings is 1. The molecule has 1 aliphatic heterocycles. The first-order valence-corrected chi connectivity index (χ1v) is 6.85. The van der Waals surface area contributed by atoms with Crippen LogP contribution in [0.25, 0.3) is 11.5 Å². The van der Waals surface area contributed by atoms with Crippen molar-refractivity contribution in [1.82, 2.24) is 15.6 Å². The molecule has 0 radical (unpaired) electrons. The van der Waals surface area contributed by atoms with Crippen molar-refractivity contribution in [2.45, 2.75) is 18.9 Å². The van der Waals surface area contributed by atoms with Crippen LogP contribution in [0.15, 0.2) is 41.0 Å². The van der Waals surface area contributed by atoms with Crippen molar-refractivity contribution < 1.29 is 9.21 Å². The van der Waals surface area contributed by atoms with E-state index in [9.17, 15) is 4.79 Å². The molecular weight excluding hydrogens is 290 g/mol. The fourth-order valence-corrected chi connectivity index (χ4v) is 2.32. The highest BCUT2D eigenvalue weighted by molar-refractivity contribution is 5.92. The second kappa shape index (κ2) is 7.24. The van der Waals surface area contributed by atoms with Crippen molar-refractivity contribution in [3.05, 3.63) is 42.3 Å². The number of aromatic nitrogens is 1. The summed E-state index contributed by atoms with van der Waals surface area (Å²) in [7, 11) is 0. The maximum atomic E-state index is 12.1. The molecule has 0 atom stereocenters. The smallest absolute Gasteiger partial charge is 0.273 e. The quantitative estimate of drug-likeness (QED) is 0.912. The zero-order chi connectivity index (χ0) is 13.8. The van der Waals surface area contributed by atoms with Gasteiger partial charge in [0, 0.05) is 11.6 Å². The van der Waals surface area contributed by atoms with Gasteiger partial charge in [0.1, 0.15) is 6.26 Å². The first-order valence-electron chi connectivity index (χ1n) is 6.85. The Morgan fingerprint density at radius 3 is 2.67 bits per heavy atom. The second-order valence-electron chi connectivity index (χ2n) is 4.90. The molecule has 112 valence electrons. The van der Waals surface area contributed by atoms with Crippen LogP contribution in [0.4, 0.5) is 0 Å². The molecule has 0 bridgehead atoms. The minimum atomic E-state index is -0.164. The molecule has 2 N–H and O–H groups in total. The Kier molecular flexibility index (Phi) is 5.36. The molecule has 6 heteroatoms. The fraction of sp³-hybridized carbons (Fsp3) is 0.333. The van der Waals surface area contributed by atoms with Gasteiger partial charge in [-0.25, -0.2) is 4.98 Å². The van der Waals surface area contributed by atoms with E-state index in [4.69, 9.17) is 4.42 Å². The summed E-state index contributed by atoms with van der Waals surface area (Å²) in [6.45, 7) is 1.89. The summed E-state index contributed by atoms with van der Waals surface area (Å²) in [6, 6.07) is 9.78. The van der Waals surface area contributed by atoms with E-state index in [1.54, 1.807) is 0 Å². The van der Waals surface area contributed by atoms with E-state index in [0.717, 1.165) is 31.5 Å². The minimum Gasteiger partial charge on any atom is -0.444 e. The van der Waals surface area contributed by atoms with Crippen LogP contribution in [-0.4, -0.2) is 30.0 Å². The predicted octanol–water partition coefficient (Wildman–Crippen LogP) is 2.25. The van der Waals surface area contributed by atoms with E-state index in [0.29, 0.717) is 11.6 Å². The molecule has 21 heavy (non-hydrogen) atoms. The molecule has 1 fully saturated rings. The predicted molar refractivity (Wildman–Crippen MR) is 82.5 cm³/mol. The van der Waals surface area contributed by atoms with Crippen molar-refractivity contribution in [2.24, 2.45) is 0 Å². The summed E-state index contributed by atoms with van der Waals surface area (Å²) < 4.78 is 5.38. The van der Waals surface area contributed by atoms with Crippen molar-refractivity contribution >= 4 is 18.3 Å². The third-order valence-electron chi connectivity index (χ3n) is 3.43. The lowest BCUT2D eigenvalue weighted by molar-refractivity contribution is 0.0924. The Morgan fingerprint density at radius 1 is 1.24 bits per heavy atom. The molecule has 0 aliphatic carbocycles. The van der Waals surface area contributed by atoms with Gasteiger partial charge in [-0.05, 0) is 38.1 Å². The highest BCUT2D eigenvalue weighted by Crippen LogP contribution is 2.18. The molecule has 1 saturated heterocycles. The van der Waals surface area contributed by atoms with Gasteiger partial charge in [0.15, 0.2) is 5.69 Å². The largest absolute Gasteiger partial charge is 0.444 e. The Morgan fingerprint density at radius 2 is 1.95 bits per heavy atom. The first-order chi connectivity index (χ1) is 9.83. The number of amides is 1. The van der Waals surface area contributed by atoms with Crippen LogP contribution in [-0.2, 0) is 0 Å². The fourth-order valence-electron chi connectivity index (χ4n) is 2.32. The van der Waals surface area contributed by atoms with E-state index in [-0.39, 0.29) is 24.4 Å². The lowest BCUT2D eigenvalue weighted by Crippen LogP contribution is -2.42. The Labute approximate surface area is 129 Å². The van der Waals surface area contributed by atoms with Crippen molar-refractivity contribution in [3.8, 4) is 11.5 Å². The molecule has 0 saturated carbocycles. The van der Waals surface area contributed by atoms with Gasteiger partial charge in [-0.3, -0.25) is 4.79 Å². The maximum Gasteiger partial charge on any atom is 0.273 e. The average Bonchev–Trinajstić information content (AvgIpc) is 2.99. The molecule has 1 aromatic heterocycles. The number of hydrogen-bond acceptors (Lipinski definition) is 4. The zero-order valence-corrected chi connectivity index (χ0v) is 12.4. The Balaban J connectivity index is 0.00000161. The summed E-state index contributed by atoms with van der Waals surface area (Å²) >= 11 is 0. The first kappa shape index (κ1) is 15.5. The summed E-state index contributed by atoms with van der Waals surface area (Å²) in [4.78, 5) is 16.4. The Bertz CT molecular complexity index is 580. The van der Waals surface area contributed by atoms with Gasteiger partial charge < -0.3 is 15.1 Å². The lowest BCUT2D eigenvalue weighted by atomic mass is 10.1. The summed E-state index contributed by atoms with van der Waals surface area (Å²) in [5, 5.41) is 6.27. The van der Waals surface area contributed by atoms with Crippen molar-refractivity contribution in [1.29, 1.82) is 0 Å². The monoisotopic (exact) mass is 307 g/mol. The number of carbonyl (C=O) groups is 1. The summed E-state index contributed by atoms with van der Waals surface area (Å²) in [5.74, 6) is 0.309. The van der Waals surface area contributed by atoms with Gasteiger partial charge in [0.2, 0.25) is 5.89 Å². The van der Waals surface area contributed by atoms with Crippen LogP contribution in [0.5, 0.6) is 0 Å². The van der Waals surface area contributed by atoms with Gasteiger partial charge in [-0.1, -0.05) is 18.2 Å². The van der Waals surface area contributed by atoms with Crippen LogP contribution in [0, 0.1) is 0 Å². The molecule has 2 aromatic rings. The average molecular weight is 308 g/mol. The highest BCUT2D eigenvalue weighted by atomic mass is 35.5. The molecule has 0 unspecified atom stereocenters. The van der Waals surface area contributed by atoms with Crippen LogP contribution >= 0.6 is 12.4 Å². The number of rotatable bonds is 3. The van der Waals surface area contributed by atoms with E-state index < -0.39 is 0 Å². The number of hydrogen-bond donors (Lipinski definition) is 2. The number of oxazole rings is 1. The molecule has 2 heterocycles. The van der Waals surface area contributed by atoms with Crippen LogP contribution in [0.1, 0.15) is 23.3 Å². The lowest BCUT2D eigenvalue weighted by Gasteiger charge is -2.23. The Hall–Kier alpha value is -1.85. The second-order valence-corrected chi connectivity index (χ2v) is 4.90. The molecule has 1 amide bonds. The third kappa shape index (κ3) is 3.83. The van der Waals surface area contributed by atoms with Gasteiger partial charge in [-0.15, -0.1) is 12.4 Å². The number of nitrogens with zero attached hydrogens (tertiary/aromatic N) is 1. The molecular formula is C15H18ClN3O2. The molecule has 5 nitrogen and oxygen atoms in total. The zero-order valence-electron chi connectivity index (χ0n) is 11.5. The normalized spacial score (nSPS) is 15.2. The van der Waals surface area contributed by atoms with Gasteiger partial charge in [0.05, 0.1) is 0 Å². The van der Waals surface area contributed by atoms with Crippen molar-refractivity contribution in [2.75, 3.05) is 13.1 Å². The molecule has 1 aliphatic rings. The highest BCUT2D eigenvalue weighted by Gasteiger charge is 2.19. The van der Waals surface area contributed by atoms with E-state index in [1.807, 2.05) is 30.3 Å². The number of benzene rings is 1. The van der Waals surface area contributed by atoms with Gasteiger partial charge in [0.25, 0.3) is 5.91 Å². The minimum absolute atomic E-state index is 0. The van der Waals surface area contributed by atoms with Gasteiger partial charge >= 0.3 is 0 Å². The maximum absolute atomic E-state index is 12.1.